The Hall–Kier alpha value is -4.52. The summed E-state index contributed by atoms with van der Waals surface area (Å²) in [5, 5.41) is 60.1. The van der Waals surface area contributed by atoms with E-state index in [9.17, 15) is 24.3 Å². The van der Waals surface area contributed by atoms with Crippen molar-refractivity contribution in [1.29, 1.82) is 0 Å². The van der Waals surface area contributed by atoms with E-state index >= 15 is 0 Å². The maximum atomic E-state index is 11.6. The molecule has 22 heteroatoms. The van der Waals surface area contributed by atoms with Crippen LogP contribution in [-0.4, -0.2) is 227 Å². The number of carbonyl (C=O) groups excluding carboxylic acids is 4. The molecule has 0 unspecified atom stereocenters. The number of hydrogen-bond donors (Lipinski definition) is 9. The average molecular weight is 1020 g/mol. The number of carboxylic acids is 2. The number of nitrogens with zero attached hydrogens (tertiary/aromatic N) is 5. The van der Waals surface area contributed by atoms with Crippen molar-refractivity contribution in [1.82, 2.24) is 40.4 Å². The van der Waals surface area contributed by atoms with Crippen LogP contribution >= 0.6 is 0 Å². The number of carboxylic acid groups (broad SMARTS) is 2. The molecule has 0 aliphatic carbocycles. The summed E-state index contributed by atoms with van der Waals surface area (Å²) in [5.41, 5.74) is 2.72. The Balaban J connectivity index is 0. The Morgan fingerprint density at radius 1 is 0.493 bits per heavy atom. The van der Waals surface area contributed by atoms with E-state index in [1.807, 2.05) is 18.2 Å². The minimum absolute atomic E-state index is 0. The summed E-state index contributed by atoms with van der Waals surface area (Å²) >= 11 is 0. The monoisotopic (exact) mass is 1020 g/mol. The van der Waals surface area contributed by atoms with Gasteiger partial charge < -0.3 is 66.0 Å². The van der Waals surface area contributed by atoms with Crippen LogP contribution in [0, 0.1) is 0 Å². The van der Waals surface area contributed by atoms with E-state index in [2.05, 4.69) is 73.0 Å². The van der Waals surface area contributed by atoms with Gasteiger partial charge in [-0.15, -0.1) is 0 Å². The van der Waals surface area contributed by atoms with Gasteiger partial charge in [0.1, 0.15) is 24.4 Å². The summed E-state index contributed by atoms with van der Waals surface area (Å²) in [6.07, 6.45) is -3.58. The number of esters is 1. The van der Waals surface area contributed by atoms with Gasteiger partial charge in [0.25, 0.3) is 17.7 Å². The number of hydrogen-bond acceptors (Lipinski definition) is 16. The van der Waals surface area contributed by atoms with Gasteiger partial charge in [-0.1, -0.05) is 68.1 Å². The van der Waals surface area contributed by atoms with Crippen LogP contribution in [0.25, 0.3) is 0 Å². The Labute approximate surface area is 420 Å². The third-order valence-corrected chi connectivity index (χ3v) is 10.1. The van der Waals surface area contributed by atoms with E-state index in [1.165, 1.54) is 51.9 Å². The van der Waals surface area contributed by atoms with Crippen molar-refractivity contribution in [2.45, 2.75) is 79.6 Å². The fourth-order valence-corrected chi connectivity index (χ4v) is 6.50. The molecule has 6 rings (SSSR count). The smallest absolute Gasteiger partial charge is 0.414 e. The summed E-state index contributed by atoms with van der Waals surface area (Å²) in [6.45, 7) is 23.9. The first kappa shape index (κ1) is 66.6. The molecule has 4 fully saturated rings. The normalized spacial score (nSPS) is 17.4. The number of rotatable bonds is 9. The molecule has 4 saturated heterocycles. The summed E-state index contributed by atoms with van der Waals surface area (Å²) < 4.78 is 4.41. The molecule has 4 aliphatic rings. The van der Waals surface area contributed by atoms with Gasteiger partial charge in [-0.3, -0.25) is 24.2 Å². The van der Waals surface area contributed by atoms with Crippen molar-refractivity contribution in [3.8, 4) is 0 Å². The van der Waals surface area contributed by atoms with Gasteiger partial charge in [0, 0.05) is 136 Å². The Morgan fingerprint density at radius 3 is 1.04 bits per heavy atom. The zero-order chi connectivity index (χ0) is 50.1. The van der Waals surface area contributed by atoms with Crippen LogP contribution in [0.2, 0.25) is 0 Å². The number of aliphatic hydroxyl groups excluding tert-OH is 4. The predicted octanol–water partition coefficient (Wildman–Crippen LogP) is -0.879. The van der Waals surface area contributed by atoms with Crippen LogP contribution in [0.15, 0.2) is 60.7 Å². The first-order valence-electron chi connectivity index (χ1n) is 22.7. The fourth-order valence-electron chi connectivity index (χ4n) is 6.50. The summed E-state index contributed by atoms with van der Waals surface area (Å²) in [7, 11) is 0. The molecule has 9 N–H and O–H groups in total. The van der Waals surface area contributed by atoms with Crippen molar-refractivity contribution in [3.05, 3.63) is 71.8 Å². The second kappa shape index (κ2) is 39.2. The molecule has 1 radical (unpaired) electrons. The Bertz CT molecular complexity index is 1640. The molecule has 0 bridgehead atoms. The minimum atomic E-state index is -1.82. The third-order valence-electron chi connectivity index (χ3n) is 10.1. The van der Waals surface area contributed by atoms with E-state index in [4.69, 9.17) is 35.1 Å². The Morgan fingerprint density at radius 2 is 0.783 bits per heavy atom. The first-order valence-corrected chi connectivity index (χ1v) is 22.7. The average Bonchev–Trinajstić information content (AvgIpc) is 3.33. The van der Waals surface area contributed by atoms with Crippen molar-refractivity contribution in [2.75, 3.05) is 111 Å². The van der Waals surface area contributed by atoms with Crippen molar-refractivity contribution in [3.63, 3.8) is 0 Å². The molecule has 2 aromatic carbocycles. The van der Waals surface area contributed by atoms with Crippen molar-refractivity contribution >= 4 is 35.6 Å². The van der Waals surface area contributed by atoms with E-state index in [1.54, 1.807) is 21.6 Å². The van der Waals surface area contributed by atoms with Crippen LogP contribution < -0.4 is 16.0 Å². The number of ether oxygens (including phenoxy) is 1. The number of aliphatic carboxylic acids is 2. The summed E-state index contributed by atoms with van der Waals surface area (Å²) in [4.78, 5) is 72.3. The molecule has 0 spiro atoms. The Kier molecular flexibility index (Phi) is 37.8. The first-order chi connectivity index (χ1) is 31.9. The molecule has 4 atom stereocenters. The maximum Gasteiger partial charge on any atom is 0.414 e. The maximum absolute atomic E-state index is 11.6. The fraction of sp³-hybridized carbons (Fsp3) is 0.617. The van der Waals surface area contributed by atoms with Gasteiger partial charge in [-0.05, 0) is 45.7 Å². The molecule has 3 amide bonds. The largest absolute Gasteiger partial charge is 0.473 e. The van der Waals surface area contributed by atoms with E-state index in [0.717, 1.165) is 65.4 Å². The second-order valence-corrected chi connectivity index (χ2v) is 15.8. The van der Waals surface area contributed by atoms with Gasteiger partial charge in [0.2, 0.25) is 0 Å². The number of aliphatic hydroxyl groups is 4. The van der Waals surface area contributed by atoms with Gasteiger partial charge in [-0.25, -0.2) is 14.4 Å². The summed E-state index contributed by atoms with van der Waals surface area (Å²) in [5.74, 6) is -4.69. The second-order valence-electron chi connectivity index (χ2n) is 15.8. The standard InChI is InChI=1S/C14H20N2O2.C11H16N2.2C7H14N2O2.C5H10O3.C2H2O4.CH4.V/c1-12(17)14(18)16-9-7-15(8-10-16)11-13-5-3-2-4-6-13;1-2-4-11(5-3-1)10-13-8-6-12-7-9-13;2*1-6(10)7(11)9-4-2-8-3-5-9;1-3-8-5(7)4(2)6;3-1(4)2(5)6;;/h2-6,12,17H,7-11H2,1H3;1-5,12H,6-10H2;2*6,8,10H,2-5H2,1H3;4,6H,3H2,1-2H3;(H,3,4)(H,5,6);1H4;/t12-;;2*6-;4-;;;/m0.000.../s1. The molecular formula is C47H80N8O13V. The molecular weight excluding hydrogens is 936 g/mol. The molecule has 4 heterocycles. The quantitative estimate of drug-likeness (QED) is 0.109. The predicted molar refractivity (Wildman–Crippen MR) is 257 cm³/mol. The number of amides is 3. The third kappa shape index (κ3) is 30.7. The van der Waals surface area contributed by atoms with Gasteiger partial charge in [-0.2, -0.15) is 0 Å². The number of benzene rings is 2. The number of piperazine rings is 4. The topological polar surface area (TPSA) is 285 Å². The van der Waals surface area contributed by atoms with Gasteiger partial charge >= 0.3 is 17.9 Å². The van der Waals surface area contributed by atoms with E-state index in [0.29, 0.717) is 45.9 Å². The molecule has 2 aromatic rings. The molecule has 4 aliphatic heterocycles. The minimum Gasteiger partial charge on any atom is -0.473 e. The van der Waals surface area contributed by atoms with E-state index < -0.39 is 42.3 Å². The molecule has 0 saturated carbocycles. The van der Waals surface area contributed by atoms with Crippen molar-refractivity contribution in [2.24, 2.45) is 0 Å². The SMILES string of the molecule is C.CCOC(=O)[C@H](C)O.C[C@H](O)C(=O)N1CCN(Cc2ccccc2)CC1.C[C@H](O)C(=O)N1CCNCC1.C[C@H](O)C(=O)N1CCNCC1.O=C(O)C(=O)O.[V].c1ccc(CN2CCNCC2)cc1. The molecule has 391 valence electrons. The van der Waals surface area contributed by atoms with Gasteiger partial charge in [0.15, 0.2) is 0 Å². The molecule has 69 heavy (non-hydrogen) atoms. The van der Waals surface area contributed by atoms with E-state index in [-0.39, 0.29) is 43.7 Å². The van der Waals surface area contributed by atoms with Crippen molar-refractivity contribution < 1.29 is 82.7 Å². The molecule has 0 aromatic heterocycles. The number of nitrogens with one attached hydrogen (secondary N) is 3. The zero-order valence-electron chi connectivity index (χ0n) is 40.2. The van der Waals surface area contributed by atoms with Crippen LogP contribution in [-0.2, 0) is 65.1 Å². The zero-order valence-corrected chi connectivity index (χ0v) is 41.6. The van der Waals surface area contributed by atoms with Crippen LogP contribution in [0.5, 0.6) is 0 Å². The van der Waals surface area contributed by atoms with Gasteiger partial charge in [0.05, 0.1) is 6.61 Å². The molecule has 21 nitrogen and oxygen atoms in total. The van der Waals surface area contributed by atoms with Crippen LogP contribution in [0.4, 0.5) is 0 Å². The van der Waals surface area contributed by atoms with Crippen LogP contribution in [0.3, 0.4) is 0 Å². The van der Waals surface area contributed by atoms with Crippen LogP contribution in [0.1, 0.15) is 53.2 Å². The summed E-state index contributed by atoms with van der Waals surface area (Å²) in [6, 6.07) is 21.0. The number of carbonyl (C=O) groups is 6.